The monoisotopic (exact) mass is 322 g/mol. The number of nitrogens with one attached hydrogen (secondary N) is 1. The van der Waals surface area contributed by atoms with Gasteiger partial charge in [-0.1, -0.05) is 55.5 Å². The Morgan fingerprint density at radius 1 is 1.17 bits per heavy atom. The number of carbonyl (C=O) groups is 1. The van der Waals surface area contributed by atoms with Crippen molar-refractivity contribution >= 4 is 33.5 Å². The Morgan fingerprint density at radius 2 is 1.91 bits per heavy atom. The van der Waals surface area contributed by atoms with Crippen LogP contribution in [0.25, 0.3) is 10.1 Å². The topological polar surface area (TPSA) is 41.5 Å². The molecular weight excluding hydrogens is 304 g/mol. The summed E-state index contributed by atoms with van der Waals surface area (Å²) in [6, 6.07) is 18.2. The van der Waals surface area contributed by atoms with Gasteiger partial charge in [-0.25, -0.2) is 5.43 Å². The number of nitrogens with zero attached hydrogens (tertiary/aromatic N) is 1. The lowest BCUT2D eigenvalue weighted by molar-refractivity contribution is 0.0957. The van der Waals surface area contributed by atoms with Gasteiger partial charge in [-0.05, 0) is 24.0 Å². The largest absolute Gasteiger partial charge is 0.272 e. The van der Waals surface area contributed by atoms with Crippen LogP contribution in [0.2, 0.25) is 0 Å². The molecule has 1 N–H and O–H groups in total. The zero-order valence-electron chi connectivity index (χ0n) is 12.9. The van der Waals surface area contributed by atoms with E-state index in [0.29, 0.717) is 11.5 Å². The smallest absolute Gasteiger partial charge is 0.267 e. The van der Waals surface area contributed by atoms with Gasteiger partial charge in [-0.2, -0.15) is 5.10 Å². The van der Waals surface area contributed by atoms with Gasteiger partial charge in [-0.15, -0.1) is 11.3 Å². The highest BCUT2D eigenvalue weighted by atomic mass is 32.1. The van der Waals surface area contributed by atoms with E-state index in [4.69, 9.17) is 0 Å². The SMILES string of the molecule is CC(CC=NNC(=O)c1csc2ccccc12)c1ccccc1. The summed E-state index contributed by atoms with van der Waals surface area (Å²) < 4.78 is 1.11. The van der Waals surface area contributed by atoms with E-state index in [1.807, 2.05) is 47.8 Å². The van der Waals surface area contributed by atoms with Crippen molar-refractivity contribution in [2.45, 2.75) is 19.3 Å². The molecule has 0 saturated carbocycles. The summed E-state index contributed by atoms with van der Waals surface area (Å²) in [5.74, 6) is 0.213. The summed E-state index contributed by atoms with van der Waals surface area (Å²) in [5, 5.41) is 6.93. The minimum Gasteiger partial charge on any atom is -0.267 e. The molecule has 116 valence electrons. The molecule has 0 aliphatic rings. The lowest BCUT2D eigenvalue weighted by Crippen LogP contribution is -2.17. The van der Waals surface area contributed by atoms with Gasteiger partial charge in [0, 0.05) is 21.7 Å². The van der Waals surface area contributed by atoms with Crippen LogP contribution in [0.3, 0.4) is 0 Å². The van der Waals surface area contributed by atoms with Crippen LogP contribution in [0.1, 0.15) is 35.2 Å². The van der Waals surface area contributed by atoms with Crippen LogP contribution in [0.5, 0.6) is 0 Å². The highest BCUT2D eigenvalue weighted by molar-refractivity contribution is 7.17. The van der Waals surface area contributed by atoms with Crippen LogP contribution in [0.4, 0.5) is 0 Å². The van der Waals surface area contributed by atoms with E-state index in [1.165, 1.54) is 5.56 Å². The third kappa shape index (κ3) is 3.66. The predicted octanol–water partition coefficient (Wildman–Crippen LogP) is 4.81. The highest BCUT2D eigenvalue weighted by Gasteiger charge is 2.10. The minimum absolute atomic E-state index is 0.161. The normalized spacial score (nSPS) is 12.6. The first kappa shape index (κ1) is 15.4. The molecule has 1 unspecified atom stereocenters. The van der Waals surface area contributed by atoms with E-state index in [-0.39, 0.29) is 5.91 Å². The van der Waals surface area contributed by atoms with E-state index in [9.17, 15) is 4.79 Å². The number of amides is 1. The molecule has 4 heteroatoms. The lowest BCUT2D eigenvalue weighted by Gasteiger charge is -2.07. The van der Waals surface area contributed by atoms with Crippen molar-refractivity contribution in [3.63, 3.8) is 0 Å². The van der Waals surface area contributed by atoms with E-state index in [2.05, 4.69) is 29.6 Å². The van der Waals surface area contributed by atoms with Crippen molar-refractivity contribution in [2.24, 2.45) is 5.10 Å². The Kier molecular flexibility index (Phi) is 4.83. The fourth-order valence-electron chi connectivity index (χ4n) is 2.45. The number of hydrazone groups is 1. The van der Waals surface area contributed by atoms with Gasteiger partial charge in [0.1, 0.15) is 0 Å². The Labute approximate surface area is 139 Å². The molecule has 3 rings (SSSR count). The Hall–Kier alpha value is -2.46. The summed E-state index contributed by atoms with van der Waals surface area (Å²) in [4.78, 5) is 12.2. The molecule has 23 heavy (non-hydrogen) atoms. The first-order valence-corrected chi connectivity index (χ1v) is 8.46. The van der Waals surface area contributed by atoms with Gasteiger partial charge in [0.05, 0.1) is 5.56 Å². The van der Waals surface area contributed by atoms with Crippen LogP contribution < -0.4 is 5.43 Å². The number of thiophene rings is 1. The summed E-state index contributed by atoms with van der Waals surface area (Å²) in [7, 11) is 0. The van der Waals surface area contributed by atoms with Gasteiger partial charge < -0.3 is 0 Å². The minimum atomic E-state index is -0.161. The number of fused-ring (bicyclic) bond motifs is 1. The molecule has 0 aliphatic carbocycles. The maximum atomic E-state index is 12.2. The average molecular weight is 322 g/mol. The molecule has 3 aromatic rings. The Morgan fingerprint density at radius 3 is 2.74 bits per heavy atom. The second-order valence-corrected chi connectivity index (χ2v) is 6.36. The third-order valence-electron chi connectivity index (χ3n) is 3.81. The zero-order valence-corrected chi connectivity index (χ0v) is 13.7. The van der Waals surface area contributed by atoms with Gasteiger partial charge >= 0.3 is 0 Å². The lowest BCUT2D eigenvalue weighted by atomic mass is 9.99. The first-order chi connectivity index (χ1) is 11.3. The van der Waals surface area contributed by atoms with E-state index in [1.54, 1.807) is 17.6 Å². The maximum absolute atomic E-state index is 12.2. The molecule has 0 aliphatic heterocycles. The molecule has 0 bridgehead atoms. The standard InChI is InChI=1S/C19H18N2OS/c1-14(15-7-3-2-4-8-15)11-12-20-21-19(22)17-13-23-18-10-6-5-9-16(17)18/h2-10,12-14H,11H2,1H3,(H,21,22). The van der Waals surface area contributed by atoms with Crippen molar-refractivity contribution in [3.05, 3.63) is 71.1 Å². The highest BCUT2D eigenvalue weighted by Crippen LogP contribution is 2.25. The number of carbonyl (C=O) groups excluding carboxylic acids is 1. The molecule has 2 aromatic carbocycles. The Balaban J connectivity index is 1.59. The molecule has 3 nitrogen and oxygen atoms in total. The molecule has 0 saturated heterocycles. The van der Waals surface area contributed by atoms with E-state index >= 15 is 0 Å². The molecule has 0 radical (unpaired) electrons. The van der Waals surface area contributed by atoms with Gasteiger partial charge in [0.25, 0.3) is 5.91 Å². The van der Waals surface area contributed by atoms with Gasteiger partial charge in [0.15, 0.2) is 0 Å². The van der Waals surface area contributed by atoms with Gasteiger partial charge in [0.2, 0.25) is 0 Å². The number of hydrogen-bond acceptors (Lipinski definition) is 3. The molecule has 1 heterocycles. The summed E-state index contributed by atoms with van der Waals surface area (Å²) in [6.45, 7) is 2.15. The predicted molar refractivity (Wildman–Crippen MR) is 97.3 cm³/mol. The molecule has 1 amide bonds. The van der Waals surface area contributed by atoms with Crippen molar-refractivity contribution in [1.82, 2.24) is 5.43 Å². The van der Waals surface area contributed by atoms with Crippen LogP contribution in [0.15, 0.2) is 65.1 Å². The number of hydrogen-bond donors (Lipinski definition) is 1. The Bertz CT molecular complexity index is 824. The number of rotatable bonds is 5. The van der Waals surface area contributed by atoms with Crippen LogP contribution in [0, 0.1) is 0 Å². The first-order valence-electron chi connectivity index (χ1n) is 7.58. The molecule has 0 spiro atoms. The fourth-order valence-corrected chi connectivity index (χ4v) is 3.39. The van der Waals surface area contributed by atoms with Gasteiger partial charge in [-0.3, -0.25) is 4.79 Å². The van der Waals surface area contributed by atoms with Crippen molar-refractivity contribution < 1.29 is 4.79 Å². The van der Waals surface area contributed by atoms with Crippen LogP contribution in [-0.4, -0.2) is 12.1 Å². The third-order valence-corrected chi connectivity index (χ3v) is 4.77. The maximum Gasteiger partial charge on any atom is 0.272 e. The fraction of sp³-hybridized carbons (Fsp3) is 0.158. The number of benzene rings is 2. The van der Waals surface area contributed by atoms with Crippen molar-refractivity contribution in [1.29, 1.82) is 0 Å². The second-order valence-electron chi connectivity index (χ2n) is 5.45. The molecular formula is C19H18N2OS. The van der Waals surface area contributed by atoms with Crippen LogP contribution in [-0.2, 0) is 0 Å². The average Bonchev–Trinajstić information content (AvgIpc) is 3.03. The summed E-state index contributed by atoms with van der Waals surface area (Å²) >= 11 is 1.57. The molecule has 0 fully saturated rings. The summed E-state index contributed by atoms with van der Waals surface area (Å²) in [6.07, 6.45) is 2.55. The van der Waals surface area contributed by atoms with E-state index < -0.39 is 0 Å². The van der Waals surface area contributed by atoms with Crippen molar-refractivity contribution in [3.8, 4) is 0 Å². The second kappa shape index (κ2) is 7.20. The van der Waals surface area contributed by atoms with E-state index in [0.717, 1.165) is 16.5 Å². The van der Waals surface area contributed by atoms with Crippen molar-refractivity contribution in [2.75, 3.05) is 0 Å². The quantitative estimate of drug-likeness (QED) is 0.531. The molecule has 1 atom stereocenters. The zero-order chi connectivity index (χ0) is 16.1. The van der Waals surface area contributed by atoms with Crippen LogP contribution >= 0.6 is 11.3 Å². The summed E-state index contributed by atoms with van der Waals surface area (Å²) in [5.41, 5.74) is 4.57. The molecule has 1 aromatic heterocycles.